The van der Waals surface area contributed by atoms with Crippen LogP contribution in [-0.2, 0) is 4.84 Å². The molecule has 0 spiro atoms. The Labute approximate surface area is 138 Å². The molecule has 1 aliphatic heterocycles. The smallest absolute Gasteiger partial charge is 0.0793 e. The van der Waals surface area contributed by atoms with Crippen molar-refractivity contribution >= 4 is 0 Å². The van der Waals surface area contributed by atoms with E-state index in [1.807, 2.05) is 0 Å². The quantitative estimate of drug-likeness (QED) is 0.722. The van der Waals surface area contributed by atoms with Gasteiger partial charge in [0, 0.05) is 11.6 Å². The van der Waals surface area contributed by atoms with E-state index in [1.54, 1.807) is 0 Å². The van der Waals surface area contributed by atoms with Crippen LogP contribution in [0.15, 0.2) is 0 Å². The van der Waals surface area contributed by atoms with Gasteiger partial charge in [-0.05, 0) is 66.3 Å². The number of piperidine rings is 1. The second-order valence-electron chi connectivity index (χ2n) is 8.52. The molecule has 0 aromatic heterocycles. The maximum Gasteiger partial charge on any atom is 0.0793 e. The summed E-state index contributed by atoms with van der Waals surface area (Å²) in [5.41, 5.74) is 0.177. The van der Waals surface area contributed by atoms with E-state index in [0.29, 0.717) is 12.1 Å². The van der Waals surface area contributed by atoms with Gasteiger partial charge in [-0.1, -0.05) is 32.6 Å². The Hall–Kier alpha value is -0.120. The highest BCUT2D eigenvalue weighted by Gasteiger charge is 2.48. The molecule has 0 bridgehead atoms. The molecule has 1 N–H and O–H groups in total. The minimum atomic E-state index is 0.0486. The zero-order valence-corrected chi connectivity index (χ0v) is 15.6. The summed E-state index contributed by atoms with van der Waals surface area (Å²) in [6.45, 7) is 12.8. The molecule has 1 heterocycles. The third kappa shape index (κ3) is 4.24. The van der Waals surface area contributed by atoms with Crippen molar-refractivity contribution in [2.24, 2.45) is 0 Å². The molecular formula is C19H38N2O. The Kier molecular flexibility index (Phi) is 6.32. The van der Waals surface area contributed by atoms with Gasteiger partial charge < -0.3 is 5.32 Å². The maximum absolute atomic E-state index is 6.59. The van der Waals surface area contributed by atoms with Crippen LogP contribution in [0, 0.1) is 0 Å². The van der Waals surface area contributed by atoms with E-state index in [0.717, 1.165) is 6.54 Å². The van der Waals surface area contributed by atoms with Crippen molar-refractivity contribution < 1.29 is 4.84 Å². The van der Waals surface area contributed by atoms with Gasteiger partial charge in [0.05, 0.1) is 11.6 Å². The van der Waals surface area contributed by atoms with Crippen LogP contribution in [0.5, 0.6) is 0 Å². The maximum atomic E-state index is 6.59. The molecule has 2 aliphatic rings. The molecule has 3 nitrogen and oxygen atoms in total. The van der Waals surface area contributed by atoms with Crippen LogP contribution in [0.25, 0.3) is 0 Å². The Balaban J connectivity index is 2.04. The fourth-order valence-electron chi connectivity index (χ4n) is 4.28. The summed E-state index contributed by atoms with van der Waals surface area (Å²) in [4.78, 5) is 6.59. The zero-order chi connectivity index (χ0) is 16.2. The first-order chi connectivity index (χ1) is 10.4. The largest absolute Gasteiger partial charge is 0.312 e. The standard InChI is InChI=1S/C19H38N2O/c1-6-7-15-20-17-13-14-18(2,3)21(19(17,4)5)22-16-11-9-8-10-12-16/h16-17,20H,6-15H2,1-5H3. The first-order valence-corrected chi connectivity index (χ1v) is 9.58. The van der Waals surface area contributed by atoms with Crippen LogP contribution in [0.4, 0.5) is 0 Å². The second-order valence-corrected chi connectivity index (χ2v) is 8.52. The normalized spacial score (nSPS) is 29.6. The number of unbranched alkanes of at least 4 members (excludes halogenated alkanes) is 1. The first-order valence-electron chi connectivity index (χ1n) is 9.58. The molecule has 1 saturated carbocycles. The topological polar surface area (TPSA) is 24.5 Å². The van der Waals surface area contributed by atoms with E-state index in [2.05, 4.69) is 45.0 Å². The minimum Gasteiger partial charge on any atom is -0.312 e. The van der Waals surface area contributed by atoms with Crippen molar-refractivity contribution in [1.29, 1.82) is 0 Å². The Bertz CT molecular complexity index is 334. The third-order valence-corrected chi connectivity index (χ3v) is 5.70. The van der Waals surface area contributed by atoms with Gasteiger partial charge in [0.25, 0.3) is 0 Å². The van der Waals surface area contributed by atoms with Crippen LogP contribution in [0.2, 0.25) is 0 Å². The molecule has 0 aromatic rings. The third-order valence-electron chi connectivity index (χ3n) is 5.70. The summed E-state index contributed by atoms with van der Waals surface area (Å²) in [5, 5.41) is 6.16. The minimum absolute atomic E-state index is 0.0486. The SMILES string of the molecule is CCCCNC1CCC(C)(C)N(OC2CCCCC2)C1(C)C. The predicted octanol–water partition coefficient (Wildman–Crippen LogP) is 4.66. The second kappa shape index (κ2) is 7.63. The van der Waals surface area contributed by atoms with Crippen LogP contribution in [0.1, 0.15) is 92.4 Å². The lowest BCUT2D eigenvalue weighted by Crippen LogP contribution is -2.68. The van der Waals surface area contributed by atoms with Crippen LogP contribution >= 0.6 is 0 Å². The molecule has 1 unspecified atom stereocenters. The highest BCUT2D eigenvalue weighted by atomic mass is 16.7. The van der Waals surface area contributed by atoms with Gasteiger partial charge in [-0.3, -0.25) is 4.84 Å². The van der Waals surface area contributed by atoms with Crippen molar-refractivity contribution in [3.8, 4) is 0 Å². The molecule has 22 heavy (non-hydrogen) atoms. The Morgan fingerprint density at radius 2 is 1.73 bits per heavy atom. The molecule has 0 aromatic carbocycles. The lowest BCUT2D eigenvalue weighted by atomic mass is 9.78. The van der Waals surface area contributed by atoms with E-state index in [4.69, 9.17) is 4.84 Å². The first kappa shape index (κ1) is 18.2. The van der Waals surface area contributed by atoms with Crippen LogP contribution < -0.4 is 5.32 Å². The molecule has 2 rings (SSSR count). The average molecular weight is 311 g/mol. The molecule has 1 saturated heterocycles. The molecule has 130 valence electrons. The van der Waals surface area contributed by atoms with Crippen molar-refractivity contribution in [1.82, 2.24) is 10.4 Å². The van der Waals surface area contributed by atoms with Crippen molar-refractivity contribution in [3.63, 3.8) is 0 Å². The highest BCUT2D eigenvalue weighted by Crippen LogP contribution is 2.40. The molecular weight excluding hydrogens is 272 g/mol. The zero-order valence-electron chi connectivity index (χ0n) is 15.6. The number of hydrogen-bond donors (Lipinski definition) is 1. The summed E-state index contributed by atoms with van der Waals surface area (Å²) >= 11 is 0. The van der Waals surface area contributed by atoms with Gasteiger partial charge >= 0.3 is 0 Å². The van der Waals surface area contributed by atoms with E-state index in [9.17, 15) is 0 Å². The fraction of sp³-hybridized carbons (Fsp3) is 1.00. The molecule has 0 amide bonds. The van der Waals surface area contributed by atoms with Crippen molar-refractivity contribution in [3.05, 3.63) is 0 Å². The number of hydroxylamine groups is 2. The van der Waals surface area contributed by atoms with Crippen molar-refractivity contribution in [2.45, 2.75) is 116 Å². The van der Waals surface area contributed by atoms with Gasteiger partial charge in [0.1, 0.15) is 0 Å². The summed E-state index contributed by atoms with van der Waals surface area (Å²) < 4.78 is 0. The summed E-state index contributed by atoms with van der Waals surface area (Å²) in [6.07, 6.45) is 11.9. The van der Waals surface area contributed by atoms with E-state index >= 15 is 0 Å². The van der Waals surface area contributed by atoms with E-state index in [-0.39, 0.29) is 11.1 Å². The predicted molar refractivity (Wildman–Crippen MR) is 93.9 cm³/mol. The van der Waals surface area contributed by atoms with Crippen LogP contribution in [0.3, 0.4) is 0 Å². The Morgan fingerprint density at radius 3 is 2.36 bits per heavy atom. The van der Waals surface area contributed by atoms with E-state index in [1.165, 1.54) is 57.8 Å². The molecule has 1 aliphatic carbocycles. The lowest BCUT2D eigenvalue weighted by Gasteiger charge is -2.56. The van der Waals surface area contributed by atoms with Gasteiger partial charge in [0.15, 0.2) is 0 Å². The summed E-state index contributed by atoms with van der Waals surface area (Å²) in [7, 11) is 0. The number of hydrogen-bond acceptors (Lipinski definition) is 3. The number of rotatable bonds is 6. The lowest BCUT2D eigenvalue weighted by molar-refractivity contribution is -0.313. The molecule has 3 heteroatoms. The molecule has 2 fully saturated rings. The average Bonchev–Trinajstić information content (AvgIpc) is 2.47. The molecule has 1 atom stereocenters. The highest BCUT2D eigenvalue weighted by molar-refractivity contribution is 5.02. The van der Waals surface area contributed by atoms with E-state index < -0.39 is 0 Å². The molecule has 0 radical (unpaired) electrons. The summed E-state index contributed by atoms with van der Waals surface area (Å²) in [5.74, 6) is 0. The summed E-state index contributed by atoms with van der Waals surface area (Å²) in [6, 6.07) is 0.524. The number of nitrogens with one attached hydrogen (secondary N) is 1. The van der Waals surface area contributed by atoms with Gasteiger partial charge in [-0.15, -0.1) is 0 Å². The van der Waals surface area contributed by atoms with Gasteiger partial charge in [0.2, 0.25) is 0 Å². The van der Waals surface area contributed by atoms with Gasteiger partial charge in [-0.25, -0.2) is 0 Å². The monoisotopic (exact) mass is 310 g/mol. The fourth-order valence-corrected chi connectivity index (χ4v) is 4.28. The van der Waals surface area contributed by atoms with Crippen molar-refractivity contribution in [2.75, 3.05) is 6.54 Å². The van der Waals surface area contributed by atoms with Crippen LogP contribution in [-0.4, -0.2) is 34.8 Å². The number of nitrogens with zero attached hydrogens (tertiary/aromatic N) is 1. The van der Waals surface area contributed by atoms with Gasteiger partial charge in [-0.2, -0.15) is 5.06 Å². The Morgan fingerprint density at radius 1 is 1.05 bits per heavy atom.